The molecule has 0 heterocycles. The minimum absolute atomic E-state index is 0.316. The molecule has 0 saturated carbocycles. The fraction of sp³-hybridized carbons (Fsp3) is 0.250. The van der Waals surface area contributed by atoms with Gasteiger partial charge in [-0.05, 0) is 61.4 Å². The average Bonchev–Trinajstić information content (AvgIpc) is 2.48. The Morgan fingerprint density at radius 1 is 0.789 bits per heavy atom. The van der Waals surface area contributed by atoms with E-state index in [0.717, 1.165) is 0 Å². The molecular weight excluding hydrogens is 270 g/mol. The molecule has 0 radical (unpaired) electrons. The Kier molecular flexibility index (Phi) is 5.23. The molecule has 2 aromatic carbocycles. The summed E-state index contributed by atoms with van der Waals surface area (Å²) in [6, 6.07) is 17.6. The molecule has 0 aromatic heterocycles. The smallest absolute Gasteiger partial charge is 0.0485 e. The molecule has 1 unspecified atom stereocenters. The lowest BCUT2D eigenvalue weighted by Gasteiger charge is -2.16. The summed E-state index contributed by atoms with van der Waals surface area (Å²) in [6.45, 7) is 2.19. The summed E-state index contributed by atoms with van der Waals surface area (Å²) < 4.78 is 0. The topological polar surface area (TPSA) is 12.0 Å². The normalized spacial score (nSPS) is 12.2. The van der Waals surface area contributed by atoms with Crippen LogP contribution in [0.5, 0.6) is 0 Å². The first kappa shape index (κ1) is 14.4. The maximum absolute atomic E-state index is 3.53. The summed E-state index contributed by atoms with van der Waals surface area (Å²) >= 11 is 3.54. The fourth-order valence-electron chi connectivity index (χ4n) is 1.91. The summed E-state index contributed by atoms with van der Waals surface area (Å²) in [5, 5.41) is 3.53. The second-order valence-electron chi connectivity index (χ2n) is 4.37. The van der Waals surface area contributed by atoms with Crippen molar-refractivity contribution in [2.24, 2.45) is 0 Å². The Morgan fingerprint density at radius 2 is 1.26 bits per heavy atom. The van der Waals surface area contributed by atoms with Crippen LogP contribution in [0.1, 0.15) is 18.5 Å². The van der Waals surface area contributed by atoms with Crippen LogP contribution in [0.3, 0.4) is 0 Å². The number of thioether (sulfide) groups is 2. The van der Waals surface area contributed by atoms with E-state index in [9.17, 15) is 0 Å². The summed E-state index contributed by atoms with van der Waals surface area (Å²) in [7, 11) is 0. The van der Waals surface area contributed by atoms with Crippen molar-refractivity contribution in [3.05, 3.63) is 54.1 Å². The standard InChI is InChI=1S/C16H19NS2/c1-12(13-4-8-15(18-2)9-5-13)17-14-6-10-16(19-3)11-7-14/h4-12,17H,1-3H3. The van der Waals surface area contributed by atoms with E-state index in [4.69, 9.17) is 0 Å². The molecule has 0 fully saturated rings. The average molecular weight is 289 g/mol. The number of rotatable bonds is 5. The third-order valence-electron chi connectivity index (χ3n) is 3.09. The Balaban J connectivity index is 2.04. The van der Waals surface area contributed by atoms with Crippen LogP contribution in [0.2, 0.25) is 0 Å². The van der Waals surface area contributed by atoms with Gasteiger partial charge < -0.3 is 5.32 Å². The molecule has 100 valence electrons. The Hall–Kier alpha value is -1.06. The molecular formula is C16H19NS2. The molecule has 1 nitrogen and oxygen atoms in total. The van der Waals surface area contributed by atoms with E-state index < -0.39 is 0 Å². The van der Waals surface area contributed by atoms with Gasteiger partial charge in [0.05, 0.1) is 0 Å². The molecule has 2 rings (SSSR count). The summed E-state index contributed by atoms with van der Waals surface area (Å²) in [6.07, 6.45) is 4.20. The van der Waals surface area contributed by atoms with E-state index >= 15 is 0 Å². The van der Waals surface area contributed by atoms with Gasteiger partial charge in [-0.2, -0.15) is 0 Å². The zero-order chi connectivity index (χ0) is 13.7. The Bertz CT molecular complexity index is 505. The first-order valence-electron chi connectivity index (χ1n) is 6.27. The highest BCUT2D eigenvalue weighted by Crippen LogP contribution is 2.23. The highest BCUT2D eigenvalue weighted by atomic mass is 32.2. The van der Waals surface area contributed by atoms with Gasteiger partial charge in [0.15, 0.2) is 0 Å². The van der Waals surface area contributed by atoms with Crippen molar-refractivity contribution in [2.45, 2.75) is 22.8 Å². The van der Waals surface area contributed by atoms with Crippen LogP contribution in [0, 0.1) is 0 Å². The molecule has 0 aliphatic carbocycles. The second-order valence-corrected chi connectivity index (χ2v) is 6.13. The molecule has 3 heteroatoms. The largest absolute Gasteiger partial charge is 0.379 e. The Morgan fingerprint density at radius 3 is 1.74 bits per heavy atom. The third-order valence-corrected chi connectivity index (χ3v) is 4.58. The summed E-state index contributed by atoms with van der Waals surface area (Å²) in [4.78, 5) is 2.60. The van der Waals surface area contributed by atoms with E-state index in [2.05, 4.69) is 73.3 Å². The number of anilines is 1. The molecule has 1 N–H and O–H groups in total. The van der Waals surface area contributed by atoms with Crippen LogP contribution in [-0.4, -0.2) is 12.5 Å². The Labute approximate surface area is 124 Å². The minimum Gasteiger partial charge on any atom is -0.379 e. The van der Waals surface area contributed by atoms with Gasteiger partial charge in [-0.15, -0.1) is 23.5 Å². The number of hydrogen-bond donors (Lipinski definition) is 1. The van der Waals surface area contributed by atoms with Crippen molar-refractivity contribution in [1.29, 1.82) is 0 Å². The number of hydrogen-bond acceptors (Lipinski definition) is 3. The second kappa shape index (κ2) is 6.92. The van der Waals surface area contributed by atoms with Gasteiger partial charge in [0.25, 0.3) is 0 Å². The third kappa shape index (κ3) is 3.95. The quantitative estimate of drug-likeness (QED) is 0.750. The predicted molar refractivity (Wildman–Crippen MR) is 88.5 cm³/mol. The van der Waals surface area contributed by atoms with Gasteiger partial charge in [0, 0.05) is 21.5 Å². The van der Waals surface area contributed by atoms with E-state index in [-0.39, 0.29) is 0 Å². The van der Waals surface area contributed by atoms with Crippen LogP contribution in [0.25, 0.3) is 0 Å². The SMILES string of the molecule is CSc1ccc(NC(C)c2ccc(SC)cc2)cc1. The van der Waals surface area contributed by atoms with E-state index in [1.807, 2.05) is 0 Å². The lowest BCUT2D eigenvalue weighted by molar-refractivity contribution is 0.882. The first-order valence-corrected chi connectivity index (χ1v) is 8.72. The van der Waals surface area contributed by atoms with Gasteiger partial charge in [0.1, 0.15) is 0 Å². The monoisotopic (exact) mass is 289 g/mol. The number of benzene rings is 2. The zero-order valence-electron chi connectivity index (χ0n) is 11.5. The molecule has 0 saturated heterocycles. The highest BCUT2D eigenvalue weighted by Gasteiger charge is 2.05. The molecule has 0 spiro atoms. The zero-order valence-corrected chi connectivity index (χ0v) is 13.1. The van der Waals surface area contributed by atoms with Gasteiger partial charge in [0.2, 0.25) is 0 Å². The minimum atomic E-state index is 0.316. The molecule has 2 aromatic rings. The molecule has 19 heavy (non-hydrogen) atoms. The fourth-order valence-corrected chi connectivity index (χ4v) is 2.73. The van der Waals surface area contributed by atoms with Crippen LogP contribution >= 0.6 is 23.5 Å². The lowest BCUT2D eigenvalue weighted by atomic mass is 10.1. The molecule has 0 amide bonds. The maximum Gasteiger partial charge on any atom is 0.0485 e. The van der Waals surface area contributed by atoms with Gasteiger partial charge in [-0.25, -0.2) is 0 Å². The van der Waals surface area contributed by atoms with E-state index in [1.165, 1.54) is 21.0 Å². The van der Waals surface area contributed by atoms with Crippen LogP contribution in [0.4, 0.5) is 5.69 Å². The van der Waals surface area contributed by atoms with Crippen molar-refractivity contribution in [3.8, 4) is 0 Å². The molecule has 0 aliphatic rings. The first-order chi connectivity index (χ1) is 9.22. The lowest BCUT2D eigenvalue weighted by Crippen LogP contribution is -2.06. The van der Waals surface area contributed by atoms with Crippen LogP contribution in [0.15, 0.2) is 58.3 Å². The number of nitrogens with one attached hydrogen (secondary N) is 1. The summed E-state index contributed by atoms with van der Waals surface area (Å²) in [5.41, 5.74) is 2.48. The van der Waals surface area contributed by atoms with Crippen molar-refractivity contribution in [2.75, 3.05) is 17.8 Å². The van der Waals surface area contributed by atoms with Crippen molar-refractivity contribution in [3.63, 3.8) is 0 Å². The van der Waals surface area contributed by atoms with Crippen molar-refractivity contribution < 1.29 is 0 Å². The molecule has 1 atom stereocenters. The maximum atomic E-state index is 3.53. The predicted octanol–water partition coefficient (Wildman–Crippen LogP) is 5.30. The van der Waals surface area contributed by atoms with Crippen LogP contribution < -0.4 is 5.32 Å². The molecule has 0 bridgehead atoms. The van der Waals surface area contributed by atoms with E-state index in [1.54, 1.807) is 23.5 Å². The highest BCUT2D eigenvalue weighted by molar-refractivity contribution is 7.98. The summed E-state index contributed by atoms with van der Waals surface area (Å²) in [5.74, 6) is 0. The van der Waals surface area contributed by atoms with Crippen LogP contribution in [-0.2, 0) is 0 Å². The van der Waals surface area contributed by atoms with Crippen molar-refractivity contribution >= 4 is 29.2 Å². The van der Waals surface area contributed by atoms with Gasteiger partial charge in [-0.3, -0.25) is 0 Å². The van der Waals surface area contributed by atoms with Gasteiger partial charge >= 0.3 is 0 Å². The van der Waals surface area contributed by atoms with Gasteiger partial charge in [-0.1, -0.05) is 12.1 Å². The van der Waals surface area contributed by atoms with E-state index in [0.29, 0.717) is 6.04 Å². The molecule has 0 aliphatic heterocycles. The van der Waals surface area contributed by atoms with Crippen molar-refractivity contribution in [1.82, 2.24) is 0 Å².